The lowest BCUT2D eigenvalue weighted by Crippen LogP contribution is -2.28. The molecule has 2 fully saturated rings. The van der Waals surface area contributed by atoms with E-state index in [0.29, 0.717) is 18.4 Å². The summed E-state index contributed by atoms with van der Waals surface area (Å²) in [5, 5.41) is 20.0. The Morgan fingerprint density at radius 1 is 1.30 bits per heavy atom. The summed E-state index contributed by atoms with van der Waals surface area (Å²) in [4.78, 5) is 2.32. The number of hydrogen-bond acceptors (Lipinski definition) is 4. The maximum Gasteiger partial charge on any atom is 0.119 e. The third-order valence-electron chi connectivity index (χ3n) is 4.71. The molecule has 1 aromatic carbocycles. The maximum atomic E-state index is 10.4. The van der Waals surface area contributed by atoms with Gasteiger partial charge >= 0.3 is 0 Å². The molecule has 2 N–H and O–H groups in total. The average Bonchev–Trinajstić information content (AvgIpc) is 2.95. The molecule has 0 spiro atoms. The zero-order chi connectivity index (χ0) is 14.1. The van der Waals surface area contributed by atoms with Crippen LogP contribution in [0.1, 0.15) is 24.5 Å². The molecule has 0 amide bonds. The number of rotatable bonds is 4. The van der Waals surface area contributed by atoms with Gasteiger partial charge in [0.05, 0.1) is 19.3 Å². The lowest BCUT2D eigenvalue weighted by molar-refractivity contribution is 0.113. The molecule has 1 heterocycles. The summed E-state index contributed by atoms with van der Waals surface area (Å²) in [7, 11) is 1.64. The molecule has 1 saturated carbocycles. The van der Waals surface area contributed by atoms with Crippen molar-refractivity contribution in [1.29, 1.82) is 0 Å². The molecule has 0 radical (unpaired) electrons. The number of methoxy groups -OCH3 is 1. The van der Waals surface area contributed by atoms with Crippen molar-refractivity contribution < 1.29 is 14.9 Å². The minimum absolute atomic E-state index is 0.101. The number of aliphatic hydroxyl groups is 2. The second-order valence-corrected chi connectivity index (χ2v) is 6.16. The van der Waals surface area contributed by atoms with E-state index >= 15 is 0 Å². The minimum Gasteiger partial charge on any atom is -0.497 e. The Morgan fingerprint density at radius 2 is 2.00 bits per heavy atom. The molecule has 1 aliphatic carbocycles. The maximum absolute atomic E-state index is 10.4. The van der Waals surface area contributed by atoms with Crippen molar-refractivity contribution in [2.75, 3.05) is 26.7 Å². The minimum atomic E-state index is -0.478. The molecule has 0 aromatic heterocycles. The number of hydrogen-bond donors (Lipinski definition) is 2. The number of ether oxygens (including phenoxy) is 1. The molecule has 4 atom stereocenters. The van der Waals surface area contributed by atoms with Gasteiger partial charge in [-0.05, 0) is 42.4 Å². The van der Waals surface area contributed by atoms with Gasteiger partial charge in [-0.2, -0.15) is 0 Å². The van der Waals surface area contributed by atoms with Crippen molar-refractivity contribution in [3.63, 3.8) is 0 Å². The van der Waals surface area contributed by atoms with Gasteiger partial charge in [0, 0.05) is 19.6 Å². The highest BCUT2D eigenvalue weighted by molar-refractivity contribution is 5.30. The number of benzene rings is 1. The van der Waals surface area contributed by atoms with E-state index in [1.807, 2.05) is 24.3 Å². The highest BCUT2D eigenvalue weighted by Crippen LogP contribution is 2.38. The van der Waals surface area contributed by atoms with Crippen LogP contribution in [0, 0.1) is 11.8 Å². The third-order valence-corrected chi connectivity index (χ3v) is 4.71. The van der Waals surface area contributed by atoms with Gasteiger partial charge in [-0.1, -0.05) is 12.1 Å². The highest BCUT2D eigenvalue weighted by atomic mass is 16.5. The van der Waals surface area contributed by atoms with Gasteiger partial charge < -0.3 is 14.9 Å². The Morgan fingerprint density at radius 3 is 2.65 bits per heavy atom. The third kappa shape index (κ3) is 2.82. The lowest BCUT2D eigenvalue weighted by Gasteiger charge is -2.21. The van der Waals surface area contributed by atoms with Gasteiger partial charge in [0.1, 0.15) is 5.75 Å². The number of nitrogens with zero attached hydrogens (tertiary/aromatic N) is 1. The summed E-state index contributed by atoms with van der Waals surface area (Å²) < 4.78 is 5.19. The van der Waals surface area contributed by atoms with Crippen LogP contribution in [0.4, 0.5) is 0 Å². The summed E-state index contributed by atoms with van der Waals surface area (Å²) in [5.41, 5.74) is 0.904. The van der Waals surface area contributed by atoms with Crippen molar-refractivity contribution in [3.8, 4) is 5.75 Å². The predicted molar refractivity (Wildman–Crippen MR) is 76.6 cm³/mol. The molecule has 4 nitrogen and oxygen atoms in total. The second-order valence-electron chi connectivity index (χ2n) is 6.16. The molecule has 2 unspecified atom stereocenters. The van der Waals surface area contributed by atoms with Crippen molar-refractivity contribution in [1.82, 2.24) is 4.90 Å². The number of β-amino-alcohol motifs (C(OH)–C–C–N with tert-alkyl or cyclic N) is 1. The smallest absolute Gasteiger partial charge is 0.119 e. The van der Waals surface area contributed by atoms with E-state index in [-0.39, 0.29) is 6.10 Å². The zero-order valence-electron chi connectivity index (χ0n) is 11.9. The molecule has 2 aliphatic rings. The van der Waals surface area contributed by atoms with Crippen molar-refractivity contribution in [2.45, 2.75) is 25.0 Å². The van der Waals surface area contributed by atoms with E-state index in [4.69, 9.17) is 4.74 Å². The van der Waals surface area contributed by atoms with E-state index in [1.54, 1.807) is 7.11 Å². The first-order valence-electron chi connectivity index (χ1n) is 7.38. The van der Waals surface area contributed by atoms with Crippen LogP contribution in [0.15, 0.2) is 24.3 Å². The Balaban J connectivity index is 1.58. The van der Waals surface area contributed by atoms with E-state index in [0.717, 1.165) is 37.2 Å². The fraction of sp³-hybridized carbons (Fsp3) is 0.625. The normalized spacial score (nSPS) is 31.2. The SMILES string of the molecule is COc1cccc(C(O)CN2C[C@H]3CC(O)C[C@H]3C2)c1. The molecule has 110 valence electrons. The van der Waals surface area contributed by atoms with Crippen LogP contribution < -0.4 is 4.74 Å². The van der Waals surface area contributed by atoms with Crippen LogP contribution in [0.5, 0.6) is 5.75 Å². The largest absolute Gasteiger partial charge is 0.497 e. The Kier molecular flexibility index (Phi) is 3.96. The van der Waals surface area contributed by atoms with Crippen LogP contribution >= 0.6 is 0 Å². The van der Waals surface area contributed by atoms with Crippen molar-refractivity contribution >= 4 is 0 Å². The monoisotopic (exact) mass is 277 g/mol. The van der Waals surface area contributed by atoms with Gasteiger partial charge in [-0.25, -0.2) is 0 Å². The highest BCUT2D eigenvalue weighted by Gasteiger charge is 2.40. The van der Waals surface area contributed by atoms with Gasteiger partial charge in [-0.3, -0.25) is 4.90 Å². The fourth-order valence-corrected chi connectivity index (χ4v) is 3.71. The quantitative estimate of drug-likeness (QED) is 0.874. The molecule has 20 heavy (non-hydrogen) atoms. The van der Waals surface area contributed by atoms with Gasteiger partial charge in [-0.15, -0.1) is 0 Å². The van der Waals surface area contributed by atoms with Crippen LogP contribution in [-0.2, 0) is 0 Å². The Labute approximate surface area is 120 Å². The van der Waals surface area contributed by atoms with Crippen molar-refractivity contribution in [3.05, 3.63) is 29.8 Å². The lowest BCUT2D eigenvalue weighted by atomic mass is 10.0. The predicted octanol–water partition coefficient (Wildman–Crippen LogP) is 1.43. The average molecular weight is 277 g/mol. The fourth-order valence-electron chi connectivity index (χ4n) is 3.71. The van der Waals surface area contributed by atoms with E-state index in [1.165, 1.54) is 0 Å². The number of aliphatic hydroxyl groups excluding tert-OH is 2. The second kappa shape index (κ2) is 5.72. The van der Waals surface area contributed by atoms with Crippen LogP contribution in [0.25, 0.3) is 0 Å². The zero-order valence-corrected chi connectivity index (χ0v) is 11.9. The van der Waals surface area contributed by atoms with E-state index in [9.17, 15) is 10.2 Å². The number of fused-ring (bicyclic) bond motifs is 1. The summed E-state index contributed by atoms with van der Waals surface area (Å²) in [5.74, 6) is 2.01. The van der Waals surface area contributed by atoms with Gasteiger partial charge in [0.25, 0.3) is 0 Å². The molecular weight excluding hydrogens is 254 g/mol. The molecule has 1 aromatic rings. The molecule has 0 bridgehead atoms. The first-order valence-corrected chi connectivity index (χ1v) is 7.38. The van der Waals surface area contributed by atoms with Crippen molar-refractivity contribution in [2.24, 2.45) is 11.8 Å². The van der Waals surface area contributed by atoms with Crippen LogP contribution in [0.3, 0.4) is 0 Å². The van der Waals surface area contributed by atoms with E-state index in [2.05, 4.69) is 4.90 Å². The van der Waals surface area contributed by atoms with E-state index < -0.39 is 6.10 Å². The molecular formula is C16H23NO3. The van der Waals surface area contributed by atoms with Crippen LogP contribution in [-0.4, -0.2) is 48.0 Å². The molecule has 1 saturated heterocycles. The summed E-state index contributed by atoms with van der Waals surface area (Å²) in [6.45, 7) is 2.67. The summed E-state index contributed by atoms with van der Waals surface area (Å²) >= 11 is 0. The Hall–Kier alpha value is -1.10. The van der Waals surface area contributed by atoms with Gasteiger partial charge in [0.2, 0.25) is 0 Å². The van der Waals surface area contributed by atoms with Crippen LogP contribution in [0.2, 0.25) is 0 Å². The summed E-state index contributed by atoms with van der Waals surface area (Å²) in [6.07, 6.45) is 1.27. The number of likely N-dealkylation sites (tertiary alicyclic amines) is 1. The molecule has 1 aliphatic heterocycles. The standard InChI is InChI=1S/C16H23NO3/c1-20-15-4-2-3-11(7-15)16(19)10-17-8-12-5-14(18)6-13(12)9-17/h2-4,7,12-14,16,18-19H,5-6,8-10H2,1H3/t12-,13+,14?,16?. The Bertz CT molecular complexity index is 451. The molecule has 4 heteroatoms. The topological polar surface area (TPSA) is 52.9 Å². The summed E-state index contributed by atoms with van der Waals surface area (Å²) in [6, 6.07) is 7.63. The first kappa shape index (κ1) is 13.9. The molecule has 3 rings (SSSR count). The first-order chi connectivity index (χ1) is 9.65. The van der Waals surface area contributed by atoms with Gasteiger partial charge in [0.15, 0.2) is 0 Å².